The van der Waals surface area contributed by atoms with Gasteiger partial charge < -0.3 is 5.32 Å². The molecule has 114 valence electrons. The maximum absolute atomic E-state index is 3.76. The zero-order valence-electron chi connectivity index (χ0n) is 12.8. The second kappa shape index (κ2) is 8.55. The van der Waals surface area contributed by atoms with Crippen LogP contribution < -0.4 is 5.32 Å². The third-order valence-corrected chi connectivity index (χ3v) is 6.43. The molecule has 3 atom stereocenters. The highest BCUT2D eigenvalue weighted by atomic mass is 79.9. The van der Waals surface area contributed by atoms with Crippen molar-refractivity contribution in [2.75, 3.05) is 13.1 Å². The van der Waals surface area contributed by atoms with Crippen LogP contribution in [0.25, 0.3) is 0 Å². The average molecular weight is 358 g/mol. The molecule has 0 saturated heterocycles. The molecule has 1 saturated carbocycles. The van der Waals surface area contributed by atoms with Crippen molar-refractivity contribution >= 4 is 27.3 Å². The van der Waals surface area contributed by atoms with Crippen LogP contribution in [0.3, 0.4) is 0 Å². The highest BCUT2D eigenvalue weighted by molar-refractivity contribution is 9.10. The number of rotatable bonds is 7. The molecule has 0 radical (unpaired) electrons. The van der Waals surface area contributed by atoms with Crippen molar-refractivity contribution in [3.63, 3.8) is 0 Å². The van der Waals surface area contributed by atoms with Gasteiger partial charge in [-0.3, -0.25) is 0 Å². The average Bonchev–Trinajstić information content (AvgIpc) is 2.87. The minimum absolute atomic E-state index is 0.755. The summed E-state index contributed by atoms with van der Waals surface area (Å²) >= 11 is 5.60. The molecule has 2 rings (SSSR count). The first-order chi connectivity index (χ1) is 9.76. The molecular formula is C17H28BrNS. The highest BCUT2D eigenvalue weighted by Crippen LogP contribution is 2.44. The highest BCUT2D eigenvalue weighted by Gasteiger charge is 2.32. The Labute approximate surface area is 136 Å². The lowest BCUT2D eigenvalue weighted by molar-refractivity contribution is 0.220. The van der Waals surface area contributed by atoms with Gasteiger partial charge in [0, 0.05) is 9.85 Å². The van der Waals surface area contributed by atoms with E-state index in [1.54, 1.807) is 5.56 Å². The van der Waals surface area contributed by atoms with Crippen molar-refractivity contribution in [3.05, 3.63) is 20.8 Å². The van der Waals surface area contributed by atoms with Gasteiger partial charge in [0.15, 0.2) is 0 Å². The van der Waals surface area contributed by atoms with Crippen molar-refractivity contribution in [3.8, 4) is 0 Å². The Kier molecular flexibility index (Phi) is 7.06. The first-order valence-corrected chi connectivity index (χ1v) is 9.92. The SMILES string of the molecule is CCCNCC1CCC(CCC)CC1c1cscc1Br. The van der Waals surface area contributed by atoms with Crippen LogP contribution in [0.5, 0.6) is 0 Å². The number of hydrogen-bond acceptors (Lipinski definition) is 2. The Balaban J connectivity index is 2.04. The van der Waals surface area contributed by atoms with Crippen LogP contribution in [0.1, 0.15) is 63.9 Å². The molecule has 1 aliphatic rings. The molecule has 0 spiro atoms. The van der Waals surface area contributed by atoms with Crippen LogP contribution in [-0.2, 0) is 0 Å². The summed E-state index contributed by atoms with van der Waals surface area (Å²) in [4.78, 5) is 0. The van der Waals surface area contributed by atoms with Gasteiger partial charge in [-0.15, -0.1) is 0 Å². The van der Waals surface area contributed by atoms with Crippen LogP contribution in [0.15, 0.2) is 15.2 Å². The molecule has 1 aromatic rings. The van der Waals surface area contributed by atoms with E-state index in [-0.39, 0.29) is 0 Å². The lowest BCUT2D eigenvalue weighted by atomic mass is 9.70. The minimum atomic E-state index is 0.755. The van der Waals surface area contributed by atoms with Gasteiger partial charge >= 0.3 is 0 Å². The molecule has 0 amide bonds. The Morgan fingerprint density at radius 3 is 2.75 bits per heavy atom. The number of halogens is 1. The van der Waals surface area contributed by atoms with Crippen LogP contribution in [0.4, 0.5) is 0 Å². The topological polar surface area (TPSA) is 12.0 Å². The van der Waals surface area contributed by atoms with E-state index in [0.717, 1.165) is 24.3 Å². The van der Waals surface area contributed by atoms with Gasteiger partial charge in [-0.05, 0) is 77.0 Å². The third kappa shape index (κ3) is 4.32. The third-order valence-electron chi connectivity index (χ3n) is 4.67. The zero-order chi connectivity index (χ0) is 14.4. The van der Waals surface area contributed by atoms with Gasteiger partial charge in [0.2, 0.25) is 0 Å². The minimum Gasteiger partial charge on any atom is -0.316 e. The first-order valence-electron chi connectivity index (χ1n) is 8.18. The molecule has 3 heteroatoms. The number of nitrogens with one attached hydrogen (secondary N) is 1. The van der Waals surface area contributed by atoms with Gasteiger partial charge in [0.05, 0.1) is 0 Å². The Bertz CT molecular complexity index is 390. The van der Waals surface area contributed by atoms with Crippen molar-refractivity contribution in [2.45, 2.75) is 58.3 Å². The fraction of sp³-hybridized carbons (Fsp3) is 0.765. The van der Waals surface area contributed by atoms with Gasteiger partial charge in [0.25, 0.3) is 0 Å². The monoisotopic (exact) mass is 357 g/mol. The number of thiophene rings is 1. The second-order valence-electron chi connectivity index (χ2n) is 6.21. The molecule has 0 aromatic carbocycles. The van der Waals surface area contributed by atoms with E-state index < -0.39 is 0 Å². The van der Waals surface area contributed by atoms with Gasteiger partial charge in [-0.25, -0.2) is 0 Å². The molecule has 1 nitrogen and oxygen atoms in total. The van der Waals surface area contributed by atoms with Crippen LogP contribution in [0, 0.1) is 11.8 Å². The summed E-state index contributed by atoms with van der Waals surface area (Å²) < 4.78 is 1.34. The molecule has 1 N–H and O–H groups in total. The molecule has 20 heavy (non-hydrogen) atoms. The van der Waals surface area contributed by atoms with Crippen molar-refractivity contribution < 1.29 is 0 Å². The summed E-state index contributed by atoms with van der Waals surface area (Å²) in [5, 5.41) is 8.27. The van der Waals surface area contributed by atoms with Gasteiger partial charge in [0.1, 0.15) is 0 Å². The standard InChI is InChI=1S/C17H28BrNS/c1-3-5-13-6-7-14(10-19-8-4-2)15(9-13)16-11-20-12-17(16)18/h11-15,19H,3-10H2,1-2H3. The Morgan fingerprint density at radius 1 is 1.25 bits per heavy atom. The zero-order valence-corrected chi connectivity index (χ0v) is 15.2. The maximum Gasteiger partial charge on any atom is 0.0317 e. The normalized spacial score (nSPS) is 26.9. The van der Waals surface area contributed by atoms with Crippen LogP contribution in [-0.4, -0.2) is 13.1 Å². The maximum atomic E-state index is 3.76. The number of hydrogen-bond donors (Lipinski definition) is 1. The molecule has 1 aliphatic carbocycles. The summed E-state index contributed by atoms with van der Waals surface area (Å²) in [5.74, 6) is 2.52. The smallest absolute Gasteiger partial charge is 0.0317 e. The molecule has 1 aromatic heterocycles. The molecule has 1 fully saturated rings. The van der Waals surface area contributed by atoms with Crippen molar-refractivity contribution in [1.29, 1.82) is 0 Å². The Hall–Kier alpha value is 0.140. The molecule has 1 heterocycles. The summed E-state index contributed by atoms with van der Waals surface area (Å²) in [6.45, 7) is 6.93. The summed E-state index contributed by atoms with van der Waals surface area (Å²) in [6.07, 6.45) is 8.20. The Morgan fingerprint density at radius 2 is 2.10 bits per heavy atom. The summed E-state index contributed by atoms with van der Waals surface area (Å²) in [6, 6.07) is 0. The molecular weight excluding hydrogens is 330 g/mol. The van der Waals surface area contributed by atoms with Gasteiger partial charge in [-0.2, -0.15) is 11.3 Å². The van der Waals surface area contributed by atoms with Crippen molar-refractivity contribution in [1.82, 2.24) is 5.32 Å². The largest absolute Gasteiger partial charge is 0.316 e. The van der Waals surface area contributed by atoms with Crippen molar-refractivity contribution in [2.24, 2.45) is 11.8 Å². The van der Waals surface area contributed by atoms with E-state index >= 15 is 0 Å². The van der Waals surface area contributed by atoms with Crippen LogP contribution in [0.2, 0.25) is 0 Å². The van der Waals surface area contributed by atoms with Crippen LogP contribution >= 0.6 is 27.3 Å². The van der Waals surface area contributed by atoms with E-state index in [0.29, 0.717) is 0 Å². The fourth-order valence-corrected chi connectivity index (χ4v) is 5.29. The lowest BCUT2D eigenvalue weighted by Gasteiger charge is -2.36. The molecule has 0 aliphatic heterocycles. The quantitative estimate of drug-likeness (QED) is 0.607. The van der Waals surface area contributed by atoms with E-state index in [1.807, 2.05) is 11.3 Å². The molecule has 0 bridgehead atoms. The lowest BCUT2D eigenvalue weighted by Crippen LogP contribution is -2.32. The van der Waals surface area contributed by atoms with E-state index in [1.165, 1.54) is 49.5 Å². The van der Waals surface area contributed by atoms with E-state index in [9.17, 15) is 0 Å². The molecule has 3 unspecified atom stereocenters. The predicted octanol–water partition coefficient (Wildman–Crippen LogP) is 5.81. The summed E-state index contributed by atoms with van der Waals surface area (Å²) in [5.41, 5.74) is 1.57. The first kappa shape index (κ1) is 16.5. The van der Waals surface area contributed by atoms with E-state index in [4.69, 9.17) is 0 Å². The summed E-state index contributed by atoms with van der Waals surface area (Å²) in [7, 11) is 0. The van der Waals surface area contributed by atoms with Gasteiger partial charge in [-0.1, -0.05) is 33.1 Å². The predicted molar refractivity (Wildman–Crippen MR) is 93.7 cm³/mol. The van der Waals surface area contributed by atoms with E-state index in [2.05, 4.69) is 45.9 Å². The fourth-order valence-electron chi connectivity index (χ4n) is 3.64. The second-order valence-corrected chi connectivity index (χ2v) is 7.81.